The summed E-state index contributed by atoms with van der Waals surface area (Å²) >= 11 is 0. The fourth-order valence-corrected chi connectivity index (χ4v) is 1.34. The number of nitrogens with one attached hydrogen (secondary N) is 1. The van der Waals surface area contributed by atoms with Crippen molar-refractivity contribution in [1.82, 2.24) is 5.32 Å². The standard InChI is InChI=1S/C12H15NO3/c1-8-6-4-5-7-10(8)11(14)13-9(2)12(15)16-3/h4-7,9H,1-3H3,(H,13,14). The SMILES string of the molecule is COC(=O)C(C)NC(=O)c1ccccc1C. The van der Waals surface area contributed by atoms with Crippen LogP contribution in [-0.4, -0.2) is 25.0 Å². The van der Waals surface area contributed by atoms with Gasteiger partial charge >= 0.3 is 5.97 Å². The average Bonchev–Trinajstić information content (AvgIpc) is 2.28. The minimum absolute atomic E-state index is 0.268. The molecule has 4 nitrogen and oxygen atoms in total. The van der Waals surface area contributed by atoms with Crippen LogP contribution < -0.4 is 5.32 Å². The monoisotopic (exact) mass is 221 g/mol. The first-order valence-corrected chi connectivity index (χ1v) is 5.00. The Morgan fingerprint density at radius 2 is 1.94 bits per heavy atom. The summed E-state index contributed by atoms with van der Waals surface area (Å²) in [5, 5.41) is 2.57. The lowest BCUT2D eigenvalue weighted by Gasteiger charge is -2.12. The number of benzene rings is 1. The summed E-state index contributed by atoms with van der Waals surface area (Å²) in [5.41, 5.74) is 1.44. The van der Waals surface area contributed by atoms with Crippen molar-refractivity contribution in [1.29, 1.82) is 0 Å². The normalized spacial score (nSPS) is 11.7. The zero-order chi connectivity index (χ0) is 12.1. The average molecular weight is 221 g/mol. The molecule has 4 heteroatoms. The van der Waals surface area contributed by atoms with Gasteiger partial charge in [-0.3, -0.25) is 4.79 Å². The highest BCUT2D eigenvalue weighted by Gasteiger charge is 2.17. The quantitative estimate of drug-likeness (QED) is 0.782. The highest BCUT2D eigenvalue weighted by atomic mass is 16.5. The van der Waals surface area contributed by atoms with E-state index in [1.54, 1.807) is 19.1 Å². The largest absolute Gasteiger partial charge is 0.467 e. The third-order valence-electron chi connectivity index (χ3n) is 2.29. The lowest BCUT2D eigenvalue weighted by Crippen LogP contribution is -2.39. The maximum Gasteiger partial charge on any atom is 0.328 e. The Balaban J connectivity index is 2.73. The van der Waals surface area contributed by atoms with Crippen LogP contribution in [0.15, 0.2) is 24.3 Å². The first-order valence-electron chi connectivity index (χ1n) is 5.00. The van der Waals surface area contributed by atoms with E-state index in [0.717, 1.165) is 5.56 Å². The van der Waals surface area contributed by atoms with Crippen LogP contribution in [0.5, 0.6) is 0 Å². The molecule has 1 amide bonds. The zero-order valence-electron chi connectivity index (χ0n) is 9.61. The number of esters is 1. The third kappa shape index (κ3) is 2.82. The van der Waals surface area contributed by atoms with Crippen molar-refractivity contribution >= 4 is 11.9 Å². The van der Waals surface area contributed by atoms with Gasteiger partial charge in [-0.15, -0.1) is 0 Å². The van der Waals surface area contributed by atoms with Crippen molar-refractivity contribution in [2.45, 2.75) is 19.9 Å². The number of carbonyl (C=O) groups is 2. The Labute approximate surface area is 94.6 Å². The number of hydrogen-bond acceptors (Lipinski definition) is 3. The smallest absolute Gasteiger partial charge is 0.328 e. The molecule has 16 heavy (non-hydrogen) atoms. The van der Waals surface area contributed by atoms with E-state index < -0.39 is 12.0 Å². The van der Waals surface area contributed by atoms with E-state index in [1.165, 1.54) is 7.11 Å². The third-order valence-corrected chi connectivity index (χ3v) is 2.29. The molecule has 1 atom stereocenters. The van der Waals surface area contributed by atoms with Gasteiger partial charge in [0.05, 0.1) is 7.11 Å². The second-order valence-corrected chi connectivity index (χ2v) is 3.53. The molecule has 0 fully saturated rings. The summed E-state index contributed by atoms with van der Waals surface area (Å²) in [6.07, 6.45) is 0. The van der Waals surface area contributed by atoms with E-state index >= 15 is 0 Å². The minimum atomic E-state index is -0.642. The predicted octanol–water partition coefficient (Wildman–Crippen LogP) is 1.29. The van der Waals surface area contributed by atoms with Gasteiger partial charge in [-0.1, -0.05) is 18.2 Å². The zero-order valence-corrected chi connectivity index (χ0v) is 9.61. The Morgan fingerprint density at radius 1 is 1.31 bits per heavy atom. The number of hydrogen-bond donors (Lipinski definition) is 1. The van der Waals surface area contributed by atoms with E-state index in [1.807, 2.05) is 19.1 Å². The summed E-state index contributed by atoms with van der Waals surface area (Å²) in [6.45, 7) is 3.43. The van der Waals surface area contributed by atoms with Gasteiger partial charge in [0.1, 0.15) is 6.04 Å². The highest BCUT2D eigenvalue weighted by Crippen LogP contribution is 2.06. The molecule has 0 spiro atoms. The Bertz CT molecular complexity index is 401. The summed E-state index contributed by atoms with van der Waals surface area (Å²) < 4.78 is 4.53. The van der Waals surface area contributed by atoms with E-state index in [-0.39, 0.29) is 5.91 Å². The molecule has 86 valence electrons. The summed E-state index contributed by atoms with van der Waals surface area (Å²) in [5.74, 6) is -0.724. The molecule has 0 saturated carbocycles. The summed E-state index contributed by atoms with van der Waals surface area (Å²) in [6, 6.07) is 6.56. The molecule has 0 aliphatic carbocycles. The number of rotatable bonds is 3. The van der Waals surface area contributed by atoms with E-state index in [2.05, 4.69) is 10.1 Å². The molecule has 1 unspecified atom stereocenters. The molecular weight excluding hydrogens is 206 g/mol. The summed E-state index contributed by atoms with van der Waals surface area (Å²) in [4.78, 5) is 22.9. The van der Waals surface area contributed by atoms with Gasteiger partial charge in [-0.05, 0) is 25.5 Å². The first kappa shape index (κ1) is 12.2. The van der Waals surface area contributed by atoms with Crippen LogP contribution in [0.25, 0.3) is 0 Å². The van der Waals surface area contributed by atoms with Crippen molar-refractivity contribution in [3.8, 4) is 0 Å². The second-order valence-electron chi connectivity index (χ2n) is 3.53. The van der Waals surface area contributed by atoms with Gasteiger partial charge in [0.2, 0.25) is 0 Å². The van der Waals surface area contributed by atoms with Crippen molar-refractivity contribution in [2.75, 3.05) is 7.11 Å². The van der Waals surface area contributed by atoms with Gasteiger partial charge < -0.3 is 10.1 Å². The molecule has 0 radical (unpaired) electrons. The fraction of sp³-hybridized carbons (Fsp3) is 0.333. The van der Waals surface area contributed by atoms with Crippen LogP contribution in [0.3, 0.4) is 0 Å². The van der Waals surface area contributed by atoms with Crippen LogP contribution in [-0.2, 0) is 9.53 Å². The number of carbonyl (C=O) groups excluding carboxylic acids is 2. The number of ether oxygens (including phenoxy) is 1. The van der Waals surface area contributed by atoms with Crippen molar-refractivity contribution < 1.29 is 14.3 Å². The topological polar surface area (TPSA) is 55.4 Å². The Hall–Kier alpha value is -1.84. The van der Waals surface area contributed by atoms with Crippen LogP contribution in [0.2, 0.25) is 0 Å². The van der Waals surface area contributed by atoms with Gasteiger partial charge in [-0.2, -0.15) is 0 Å². The molecule has 1 rings (SSSR count). The molecule has 1 aromatic carbocycles. The lowest BCUT2D eigenvalue weighted by molar-refractivity contribution is -0.142. The minimum Gasteiger partial charge on any atom is -0.467 e. The maximum absolute atomic E-state index is 11.8. The highest BCUT2D eigenvalue weighted by molar-refractivity contribution is 5.97. The van der Waals surface area contributed by atoms with Gasteiger partial charge in [-0.25, -0.2) is 4.79 Å². The molecule has 1 N–H and O–H groups in total. The number of aryl methyl sites for hydroxylation is 1. The lowest BCUT2D eigenvalue weighted by atomic mass is 10.1. The number of amides is 1. The van der Waals surface area contributed by atoms with Crippen LogP contribution in [0.1, 0.15) is 22.8 Å². The van der Waals surface area contributed by atoms with Gasteiger partial charge in [0.25, 0.3) is 5.91 Å². The fourth-order valence-electron chi connectivity index (χ4n) is 1.34. The van der Waals surface area contributed by atoms with Gasteiger partial charge in [0, 0.05) is 5.56 Å². The molecule has 0 heterocycles. The molecule has 0 aliphatic rings. The number of methoxy groups -OCH3 is 1. The first-order chi connectivity index (χ1) is 7.56. The molecule has 0 aliphatic heterocycles. The molecule has 0 aromatic heterocycles. The maximum atomic E-state index is 11.8. The van der Waals surface area contributed by atoms with Gasteiger partial charge in [0.15, 0.2) is 0 Å². The summed E-state index contributed by atoms with van der Waals surface area (Å²) in [7, 11) is 1.29. The molecule has 0 saturated heterocycles. The van der Waals surface area contributed by atoms with Crippen LogP contribution >= 0.6 is 0 Å². The Morgan fingerprint density at radius 3 is 2.50 bits per heavy atom. The molecule has 1 aromatic rings. The molecular formula is C12H15NO3. The Kier molecular flexibility index (Phi) is 4.05. The predicted molar refractivity (Wildman–Crippen MR) is 60.1 cm³/mol. The van der Waals surface area contributed by atoms with E-state index in [0.29, 0.717) is 5.56 Å². The molecule has 0 bridgehead atoms. The van der Waals surface area contributed by atoms with Crippen molar-refractivity contribution in [3.63, 3.8) is 0 Å². The van der Waals surface area contributed by atoms with Crippen LogP contribution in [0.4, 0.5) is 0 Å². The second kappa shape index (κ2) is 5.30. The van der Waals surface area contributed by atoms with E-state index in [9.17, 15) is 9.59 Å². The van der Waals surface area contributed by atoms with Crippen molar-refractivity contribution in [3.05, 3.63) is 35.4 Å². The van der Waals surface area contributed by atoms with E-state index in [4.69, 9.17) is 0 Å². The van der Waals surface area contributed by atoms with Crippen molar-refractivity contribution in [2.24, 2.45) is 0 Å². The van der Waals surface area contributed by atoms with Crippen LogP contribution in [0, 0.1) is 6.92 Å².